The molecule has 0 spiro atoms. The van der Waals surface area contributed by atoms with Crippen LogP contribution in [0.2, 0.25) is 0 Å². The molecule has 2 heterocycles. The van der Waals surface area contributed by atoms with Crippen molar-refractivity contribution in [1.82, 2.24) is 10.6 Å². The summed E-state index contributed by atoms with van der Waals surface area (Å²) in [6.07, 6.45) is 1.85. The van der Waals surface area contributed by atoms with Gasteiger partial charge in [0, 0.05) is 32.1 Å². The van der Waals surface area contributed by atoms with Crippen LogP contribution in [0.1, 0.15) is 31.4 Å². The van der Waals surface area contributed by atoms with Crippen molar-refractivity contribution in [2.24, 2.45) is 0 Å². The Morgan fingerprint density at radius 3 is 2.65 bits per heavy atom. The second kappa shape index (κ2) is 7.78. The van der Waals surface area contributed by atoms with Crippen molar-refractivity contribution in [1.29, 1.82) is 0 Å². The third-order valence-electron chi connectivity index (χ3n) is 4.66. The van der Waals surface area contributed by atoms with Crippen LogP contribution in [0.25, 0.3) is 0 Å². The molecule has 0 aliphatic carbocycles. The smallest absolute Gasteiger partial charge is 0.338 e. The fourth-order valence-corrected chi connectivity index (χ4v) is 3.20. The SMILES string of the molecule is CC1=C(C(=O)OC[C@H]2CCCO2)[C@@H](c2ccc(N(C)C)cc2)NC(=O)N1. The van der Waals surface area contributed by atoms with Crippen molar-refractivity contribution in [3.8, 4) is 0 Å². The Balaban J connectivity index is 1.80. The minimum atomic E-state index is -0.544. The van der Waals surface area contributed by atoms with Gasteiger partial charge in [-0.25, -0.2) is 9.59 Å². The van der Waals surface area contributed by atoms with E-state index in [9.17, 15) is 9.59 Å². The van der Waals surface area contributed by atoms with Crippen LogP contribution in [0.3, 0.4) is 0 Å². The second-order valence-corrected chi connectivity index (χ2v) is 6.79. The van der Waals surface area contributed by atoms with E-state index in [1.807, 2.05) is 43.3 Å². The summed E-state index contributed by atoms with van der Waals surface area (Å²) >= 11 is 0. The van der Waals surface area contributed by atoms with Crippen LogP contribution in [0.15, 0.2) is 35.5 Å². The van der Waals surface area contributed by atoms with Gasteiger partial charge in [0.1, 0.15) is 6.61 Å². The second-order valence-electron chi connectivity index (χ2n) is 6.79. The number of hydrogen-bond acceptors (Lipinski definition) is 5. The summed E-state index contributed by atoms with van der Waals surface area (Å²) in [6, 6.07) is 6.85. The third kappa shape index (κ3) is 3.99. The summed E-state index contributed by atoms with van der Waals surface area (Å²) in [5.41, 5.74) is 2.79. The largest absolute Gasteiger partial charge is 0.459 e. The summed E-state index contributed by atoms with van der Waals surface area (Å²) in [5.74, 6) is -0.438. The maximum atomic E-state index is 12.7. The van der Waals surface area contributed by atoms with E-state index >= 15 is 0 Å². The number of allylic oxidation sites excluding steroid dienone is 1. The average Bonchev–Trinajstić information content (AvgIpc) is 3.12. The van der Waals surface area contributed by atoms with E-state index in [0.717, 1.165) is 24.1 Å². The molecule has 0 bridgehead atoms. The van der Waals surface area contributed by atoms with Gasteiger partial charge in [-0.15, -0.1) is 0 Å². The summed E-state index contributed by atoms with van der Waals surface area (Å²) in [5, 5.41) is 5.47. The van der Waals surface area contributed by atoms with E-state index in [1.165, 1.54) is 0 Å². The maximum Gasteiger partial charge on any atom is 0.338 e. The topological polar surface area (TPSA) is 79.9 Å². The number of esters is 1. The highest BCUT2D eigenvalue weighted by atomic mass is 16.6. The Bertz CT molecular complexity index is 706. The van der Waals surface area contributed by atoms with Gasteiger partial charge in [-0.05, 0) is 37.5 Å². The molecule has 2 aliphatic heterocycles. The number of amides is 2. The van der Waals surface area contributed by atoms with Crippen molar-refractivity contribution < 1.29 is 19.1 Å². The molecule has 2 aliphatic rings. The highest BCUT2D eigenvalue weighted by Gasteiger charge is 2.32. The van der Waals surface area contributed by atoms with Gasteiger partial charge in [0.05, 0.1) is 17.7 Å². The molecule has 7 heteroatoms. The normalized spacial score (nSPS) is 22.7. The molecule has 2 N–H and O–H groups in total. The number of benzene rings is 1. The maximum absolute atomic E-state index is 12.7. The summed E-state index contributed by atoms with van der Waals surface area (Å²) < 4.78 is 11.0. The van der Waals surface area contributed by atoms with Gasteiger partial charge in [0.2, 0.25) is 0 Å². The average molecular weight is 359 g/mol. The number of urea groups is 1. The van der Waals surface area contributed by atoms with Crippen molar-refractivity contribution in [3.05, 3.63) is 41.1 Å². The predicted octanol–water partition coefficient (Wildman–Crippen LogP) is 2.10. The van der Waals surface area contributed by atoms with Gasteiger partial charge in [0.25, 0.3) is 0 Å². The van der Waals surface area contributed by atoms with Crippen LogP contribution in [0.5, 0.6) is 0 Å². The molecule has 1 fully saturated rings. The first-order chi connectivity index (χ1) is 12.5. The number of carbonyl (C=O) groups excluding carboxylic acids is 2. The molecule has 1 aromatic carbocycles. The zero-order chi connectivity index (χ0) is 18.7. The molecule has 0 unspecified atom stereocenters. The predicted molar refractivity (Wildman–Crippen MR) is 97.8 cm³/mol. The number of rotatable bonds is 5. The Hall–Kier alpha value is -2.54. The van der Waals surface area contributed by atoms with Gasteiger partial charge < -0.3 is 25.0 Å². The van der Waals surface area contributed by atoms with Crippen LogP contribution < -0.4 is 15.5 Å². The lowest BCUT2D eigenvalue weighted by atomic mass is 9.95. The standard InChI is InChI=1S/C19H25N3O4/c1-12-16(18(23)26-11-15-5-4-10-25-15)17(21-19(24)20-12)13-6-8-14(9-7-13)22(2)3/h6-9,15,17H,4-5,10-11H2,1-3H3,(H2,20,21,24)/t15-,17-/m1/s1. The molecule has 140 valence electrons. The van der Waals surface area contributed by atoms with Gasteiger partial charge >= 0.3 is 12.0 Å². The van der Waals surface area contributed by atoms with Crippen molar-refractivity contribution in [2.75, 3.05) is 32.2 Å². The van der Waals surface area contributed by atoms with Crippen LogP contribution in [0, 0.1) is 0 Å². The highest BCUT2D eigenvalue weighted by molar-refractivity contribution is 5.95. The molecular weight excluding hydrogens is 334 g/mol. The minimum absolute atomic E-state index is 0.0381. The monoisotopic (exact) mass is 359 g/mol. The first-order valence-electron chi connectivity index (χ1n) is 8.80. The summed E-state index contributed by atoms with van der Waals surface area (Å²) in [6.45, 7) is 2.65. The molecule has 2 atom stereocenters. The number of nitrogens with zero attached hydrogens (tertiary/aromatic N) is 1. The van der Waals surface area contributed by atoms with Gasteiger partial charge in [-0.1, -0.05) is 12.1 Å². The molecule has 26 heavy (non-hydrogen) atoms. The van der Waals surface area contributed by atoms with Crippen LogP contribution in [-0.4, -0.2) is 45.4 Å². The first kappa shape index (κ1) is 18.3. The van der Waals surface area contributed by atoms with Crippen molar-refractivity contribution in [2.45, 2.75) is 31.9 Å². The van der Waals surface area contributed by atoms with Gasteiger partial charge in [-0.2, -0.15) is 0 Å². The molecule has 0 saturated carbocycles. The quantitative estimate of drug-likeness (QED) is 0.787. The molecule has 7 nitrogen and oxygen atoms in total. The number of hydrogen-bond donors (Lipinski definition) is 2. The summed E-state index contributed by atoms with van der Waals surface area (Å²) in [7, 11) is 3.92. The van der Waals surface area contributed by atoms with E-state index < -0.39 is 12.0 Å². The van der Waals surface area contributed by atoms with Crippen LogP contribution in [-0.2, 0) is 14.3 Å². The molecule has 2 amide bonds. The fourth-order valence-electron chi connectivity index (χ4n) is 3.20. The van der Waals surface area contributed by atoms with Gasteiger partial charge in [-0.3, -0.25) is 0 Å². The highest BCUT2D eigenvalue weighted by Crippen LogP contribution is 2.29. The number of nitrogens with one attached hydrogen (secondary N) is 2. The first-order valence-corrected chi connectivity index (χ1v) is 8.80. The minimum Gasteiger partial charge on any atom is -0.459 e. The number of ether oxygens (including phenoxy) is 2. The van der Waals surface area contributed by atoms with E-state index in [2.05, 4.69) is 10.6 Å². The lowest BCUT2D eigenvalue weighted by molar-refractivity contribution is -0.142. The molecule has 0 aromatic heterocycles. The molecular formula is C19H25N3O4. The van der Waals surface area contributed by atoms with Crippen LogP contribution in [0.4, 0.5) is 10.5 Å². The lowest BCUT2D eigenvalue weighted by Crippen LogP contribution is -2.45. The Labute approximate surface area is 153 Å². The van der Waals surface area contributed by atoms with E-state index in [-0.39, 0.29) is 18.7 Å². The summed E-state index contributed by atoms with van der Waals surface area (Å²) in [4.78, 5) is 26.6. The lowest BCUT2D eigenvalue weighted by Gasteiger charge is -2.28. The van der Waals surface area contributed by atoms with Crippen LogP contribution >= 0.6 is 0 Å². The van der Waals surface area contributed by atoms with E-state index in [0.29, 0.717) is 17.9 Å². The van der Waals surface area contributed by atoms with Crippen molar-refractivity contribution in [3.63, 3.8) is 0 Å². The van der Waals surface area contributed by atoms with Gasteiger partial charge in [0.15, 0.2) is 0 Å². The van der Waals surface area contributed by atoms with Crippen molar-refractivity contribution >= 4 is 17.7 Å². The number of anilines is 1. The van der Waals surface area contributed by atoms with E-state index in [4.69, 9.17) is 9.47 Å². The fraction of sp³-hybridized carbons (Fsp3) is 0.474. The Morgan fingerprint density at radius 1 is 1.31 bits per heavy atom. The molecule has 3 rings (SSSR count). The zero-order valence-corrected chi connectivity index (χ0v) is 15.4. The zero-order valence-electron chi connectivity index (χ0n) is 15.4. The Morgan fingerprint density at radius 2 is 2.04 bits per heavy atom. The Kier molecular flexibility index (Phi) is 5.46. The molecule has 0 radical (unpaired) electrons. The molecule has 1 aromatic rings. The number of carbonyl (C=O) groups is 2. The van der Waals surface area contributed by atoms with E-state index in [1.54, 1.807) is 6.92 Å². The molecule has 1 saturated heterocycles. The third-order valence-corrected chi connectivity index (χ3v) is 4.66.